The van der Waals surface area contributed by atoms with Crippen molar-refractivity contribution in [3.8, 4) is 5.75 Å². The van der Waals surface area contributed by atoms with Crippen LogP contribution in [0.5, 0.6) is 5.75 Å². The van der Waals surface area contributed by atoms with E-state index in [1.54, 1.807) is 20.1 Å². The maximum absolute atomic E-state index is 7.95. The lowest BCUT2D eigenvalue weighted by Crippen LogP contribution is -2.16. The van der Waals surface area contributed by atoms with Crippen LogP contribution in [0, 0.1) is 5.41 Å². The molecule has 2 rings (SSSR count). The van der Waals surface area contributed by atoms with Crippen molar-refractivity contribution in [1.82, 2.24) is 4.98 Å². The van der Waals surface area contributed by atoms with E-state index in [2.05, 4.69) is 15.6 Å². The lowest BCUT2D eigenvalue weighted by molar-refractivity contribution is 0.414. The molecule has 0 saturated heterocycles. The van der Waals surface area contributed by atoms with Crippen molar-refractivity contribution in [2.45, 2.75) is 33.4 Å². The summed E-state index contributed by atoms with van der Waals surface area (Å²) < 4.78 is 5.17. The van der Waals surface area contributed by atoms with Crippen molar-refractivity contribution in [2.75, 3.05) is 17.7 Å². The lowest BCUT2D eigenvalue weighted by atomic mass is 10.1. The molecule has 0 amide bonds. The minimum atomic E-state index is 0.215. The maximum atomic E-state index is 7.95. The third-order valence-corrected chi connectivity index (χ3v) is 3.61. The molecule has 1 aromatic carbocycles. The number of hydrogen-bond donors (Lipinski definition) is 3. The van der Waals surface area contributed by atoms with Crippen LogP contribution in [0.2, 0.25) is 5.15 Å². The van der Waals surface area contributed by atoms with E-state index < -0.39 is 0 Å². The largest absolute Gasteiger partial charge is 0.497 e. The van der Waals surface area contributed by atoms with E-state index in [1.165, 1.54) is 0 Å². The molecule has 6 heteroatoms. The van der Waals surface area contributed by atoms with Crippen LogP contribution in [-0.4, -0.2) is 23.8 Å². The molecule has 0 bridgehead atoms. The molecule has 0 unspecified atom stereocenters. The normalized spacial score (nSPS) is 10.6. The SMILES string of the molecule is COc1ccc(CNc2cc(Cl)nc(C(C)=N)c2NC(C)C)cc1. The maximum Gasteiger partial charge on any atom is 0.132 e. The Kier molecular flexibility index (Phi) is 6.04. The molecular formula is C18H23ClN4O. The van der Waals surface area contributed by atoms with E-state index in [-0.39, 0.29) is 6.04 Å². The van der Waals surface area contributed by atoms with Gasteiger partial charge in [0.1, 0.15) is 16.6 Å². The van der Waals surface area contributed by atoms with Crippen LogP contribution in [0.1, 0.15) is 32.0 Å². The van der Waals surface area contributed by atoms with E-state index >= 15 is 0 Å². The fourth-order valence-corrected chi connectivity index (χ4v) is 2.49. The molecule has 0 aliphatic heterocycles. The lowest BCUT2D eigenvalue weighted by Gasteiger charge is -2.19. The zero-order valence-corrected chi connectivity index (χ0v) is 15.2. The summed E-state index contributed by atoms with van der Waals surface area (Å²) in [6.07, 6.45) is 0. The molecule has 5 nitrogen and oxygen atoms in total. The Bertz CT molecular complexity index is 714. The first kappa shape index (κ1) is 18.1. The average Bonchev–Trinajstić information content (AvgIpc) is 2.54. The van der Waals surface area contributed by atoms with E-state index in [0.29, 0.717) is 23.1 Å². The van der Waals surface area contributed by atoms with Gasteiger partial charge in [-0.25, -0.2) is 4.98 Å². The predicted octanol–water partition coefficient (Wildman–Crippen LogP) is 4.56. The molecule has 24 heavy (non-hydrogen) atoms. The first-order chi connectivity index (χ1) is 11.4. The van der Waals surface area contributed by atoms with Gasteiger partial charge in [-0.2, -0.15) is 0 Å². The van der Waals surface area contributed by atoms with Gasteiger partial charge in [0.05, 0.1) is 24.2 Å². The Morgan fingerprint density at radius 3 is 2.50 bits per heavy atom. The molecule has 0 spiro atoms. The zero-order chi connectivity index (χ0) is 17.7. The second-order valence-corrected chi connectivity index (χ2v) is 6.23. The van der Waals surface area contributed by atoms with Crippen LogP contribution < -0.4 is 15.4 Å². The van der Waals surface area contributed by atoms with Crippen LogP contribution in [-0.2, 0) is 6.54 Å². The summed E-state index contributed by atoms with van der Waals surface area (Å²) in [5.41, 5.74) is 3.69. The number of benzene rings is 1. The number of methoxy groups -OCH3 is 1. The molecule has 3 N–H and O–H groups in total. The molecule has 0 aliphatic rings. The van der Waals surface area contributed by atoms with Gasteiger partial charge in [-0.3, -0.25) is 0 Å². The van der Waals surface area contributed by atoms with Crippen LogP contribution >= 0.6 is 11.6 Å². The molecule has 0 aliphatic carbocycles. The van der Waals surface area contributed by atoms with Gasteiger partial charge in [0, 0.05) is 18.7 Å². The molecule has 1 aromatic heterocycles. The van der Waals surface area contributed by atoms with Gasteiger partial charge < -0.3 is 20.8 Å². The quantitative estimate of drug-likeness (QED) is 0.507. The number of rotatable bonds is 7. The molecule has 0 saturated carbocycles. The van der Waals surface area contributed by atoms with Crippen molar-refractivity contribution in [3.05, 3.63) is 46.7 Å². The summed E-state index contributed by atoms with van der Waals surface area (Å²) in [6.45, 7) is 6.43. The summed E-state index contributed by atoms with van der Waals surface area (Å²) in [4.78, 5) is 4.29. The smallest absolute Gasteiger partial charge is 0.132 e. The van der Waals surface area contributed by atoms with Crippen molar-refractivity contribution in [2.24, 2.45) is 0 Å². The summed E-state index contributed by atoms with van der Waals surface area (Å²) in [5.74, 6) is 0.828. The summed E-state index contributed by atoms with van der Waals surface area (Å²) in [5, 5.41) is 15.1. The van der Waals surface area contributed by atoms with Gasteiger partial charge in [-0.05, 0) is 38.5 Å². The Morgan fingerprint density at radius 2 is 1.96 bits per heavy atom. The van der Waals surface area contributed by atoms with Crippen LogP contribution in [0.4, 0.5) is 11.4 Å². The van der Waals surface area contributed by atoms with Crippen molar-refractivity contribution in [1.29, 1.82) is 5.41 Å². The van der Waals surface area contributed by atoms with E-state index in [0.717, 1.165) is 22.7 Å². The molecule has 0 atom stereocenters. The van der Waals surface area contributed by atoms with Gasteiger partial charge >= 0.3 is 0 Å². The Morgan fingerprint density at radius 1 is 1.29 bits per heavy atom. The minimum absolute atomic E-state index is 0.215. The fraction of sp³-hybridized carbons (Fsp3) is 0.333. The van der Waals surface area contributed by atoms with Gasteiger partial charge in [-0.15, -0.1) is 0 Å². The third-order valence-electron chi connectivity index (χ3n) is 3.42. The van der Waals surface area contributed by atoms with Gasteiger partial charge in [0.15, 0.2) is 0 Å². The summed E-state index contributed by atoms with van der Waals surface area (Å²) >= 11 is 6.13. The first-order valence-corrected chi connectivity index (χ1v) is 8.18. The van der Waals surface area contributed by atoms with E-state index in [4.69, 9.17) is 21.7 Å². The van der Waals surface area contributed by atoms with Crippen LogP contribution in [0.3, 0.4) is 0 Å². The summed E-state index contributed by atoms with van der Waals surface area (Å²) in [7, 11) is 1.65. The highest BCUT2D eigenvalue weighted by molar-refractivity contribution is 6.30. The Balaban J connectivity index is 2.28. The zero-order valence-electron chi connectivity index (χ0n) is 14.4. The standard InChI is InChI=1S/C18H23ClN4O/c1-11(2)22-18-15(9-16(19)23-17(18)12(3)20)21-10-13-5-7-14(24-4)8-6-13/h5-9,11,20,22H,10H2,1-4H3,(H,21,23). The molecule has 0 fully saturated rings. The van der Waals surface area contributed by atoms with E-state index in [1.807, 2.05) is 38.1 Å². The Hall–Kier alpha value is -2.27. The number of halogens is 1. The monoisotopic (exact) mass is 346 g/mol. The van der Waals surface area contributed by atoms with E-state index in [9.17, 15) is 0 Å². The molecular weight excluding hydrogens is 324 g/mol. The first-order valence-electron chi connectivity index (χ1n) is 7.80. The number of aromatic nitrogens is 1. The highest BCUT2D eigenvalue weighted by Gasteiger charge is 2.14. The number of nitrogens with zero attached hydrogens (tertiary/aromatic N) is 1. The third kappa shape index (κ3) is 4.61. The number of ether oxygens (including phenoxy) is 1. The second-order valence-electron chi connectivity index (χ2n) is 5.84. The van der Waals surface area contributed by atoms with Crippen LogP contribution in [0.15, 0.2) is 30.3 Å². The second kappa shape index (κ2) is 8.02. The highest BCUT2D eigenvalue weighted by Crippen LogP contribution is 2.29. The number of hydrogen-bond acceptors (Lipinski definition) is 5. The number of pyridine rings is 1. The average molecular weight is 347 g/mol. The topological polar surface area (TPSA) is 70.0 Å². The predicted molar refractivity (Wildman–Crippen MR) is 101 cm³/mol. The minimum Gasteiger partial charge on any atom is -0.497 e. The van der Waals surface area contributed by atoms with Gasteiger partial charge in [-0.1, -0.05) is 23.7 Å². The van der Waals surface area contributed by atoms with Crippen molar-refractivity contribution in [3.63, 3.8) is 0 Å². The molecule has 2 aromatic rings. The Labute approximate surface area is 147 Å². The van der Waals surface area contributed by atoms with Crippen molar-refractivity contribution < 1.29 is 4.74 Å². The van der Waals surface area contributed by atoms with Crippen molar-refractivity contribution >= 4 is 28.7 Å². The van der Waals surface area contributed by atoms with Gasteiger partial charge in [0.2, 0.25) is 0 Å². The molecule has 1 heterocycles. The fourth-order valence-electron chi connectivity index (χ4n) is 2.30. The summed E-state index contributed by atoms with van der Waals surface area (Å²) in [6, 6.07) is 9.86. The van der Waals surface area contributed by atoms with Gasteiger partial charge in [0.25, 0.3) is 0 Å². The highest BCUT2D eigenvalue weighted by atomic mass is 35.5. The molecule has 0 radical (unpaired) electrons. The van der Waals surface area contributed by atoms with Crippen LogP contribution in [0.25, 0.3) is 0 Å². The number of nitrogens with one attached hydrogen (secondary N) is 3. The number of anilines is 2. The molecule has 128 valence electrons.